The SMILES string of the molecule is CCOc1cc(C(=O)NC2CCCC(CC)C2)ccc1OCC(=O)O. The third-order valence-electron chi connectivity index (χ3n) is 4.55. The Kier molecular flexibility index (Phi) is 7.10. The van der Waals surface area contributed by atoms with Gasteiger partial charge in [0, 0.05) is 11.6 Å². The van der Waals surface area contributed by atoms with Crippen molar-refractivity contribution in [2.24, 2.45) is 5.92 Å². The Labute approximate surface area is 148 Å². The second-order valence-corrected chi connectivity index (χ2v) is 6.39. The molecule has 6 nitrogen and oxygen atoms in total. The number of carbonyl (C=O) groups excluding carboxylic acids is 1. The topological polar surface area (TPSA) is 84.9 Å². The van der Waals surface area contributed by atoms with Crippen molar-refractivity contribution >= 4 is 11.9 Å². The minimum absolute atomic E-state index is 0.132. The summed E-state index contributed by atoms with van der Waals surface area (Å²) in [4.78, 5) is 23.2. The third-order valence-corrected chi connectivity index (χ3v) is 4.55. The van der Waals surface area contributed by atoms with Gasteiger partial charge in [0.25, 0.3) is 5.91 Å². The van der Waals surface area contributed by atoms with Gasteiger partial charge in [0.05, 0.1) is 6.61 Å². The first-order chi connectivity index (χ1) is 12.0. The van der Waals surface area contributed by atoms with Crippen molar-refractivity contribution in [1.82, 2.24) is 5.32 Å². The Morgan fingerprint density at radius 1 is 1.20 bits per heavy atom. The van der Waals surface area contributed by atoms with Gasteiger partial charge in [0.2, 0.25) is 0 Å². The molecule has 0 aliphatic heterocycles. The number of benzene rings is 1. The number of rotatable bonds is 8. The van der Waals surface area contributed by atoms with Crippen molar-refractivity contribution in [2.45, 2.75) is 52.0 Å². The van der Waals surface area contributed by atoms with Crippen LogP contribution in [0.4, 0.5) is 0 Å². The van der Waals surface area contributed by atoms with Crippen molar-refractivity contribution in [3.8, 4) is 11.5 Å². The second kappa shape index (κ2) is 9.30. The van der Waals surface area contributed by atoms with Crippen LogP contribution in [0.3, 0.4) is 0 Å². The largest absolute Gasteiger partial charge is 0.490 e. The molecule has 1 saturated carbocycles. The van der Waals surface area contributed by atoms with Crippen molar-refractivity contribution in [1.29, 1.82) is 0 Å². The highest BCUT2D eigenvalue weighted by Crippen LogP contribution is 2.30. The Morgan fingerprint density at radius 2 is 2.00 bits per heavy atom. The maximum atomic E-state index is 12.5. The maximum Gasteiger partial charge on any atom is 0.341 e. The number of hydrogen-bond acceptors (Lipinski definition) is 4. The molecule has 0 radical (unpaired) electrons. The molecule has 0 aromatic heterocycles. The normalized spacial score (nSPS) is 19.9. The van der Waals surface area contributed by atoms with E-state index in [-0.39, 0.29) is 11.9 Å². The van der Waals surface area contributed by atoms with E-state index in [1.807, 2.05) is 6.92 Å². The molecule has 1 aliphatic rings. The monoisotopic (exact) mass is 349 g/mol. The van der Waals surface area contributed by atoms with Gasteiger partial charge in [-0.2, -0.15) is 0 Å². The summed E-state index contributed by atoms with van der Waals surface area (Å²) in [5.41, 5.74) is 0.491. The summed E-state index contributed by atoms with van der Waals surface area (Å²) >= 11 is 0. The number of nitrogens with one attached hydrogen (secondary N) is 1. The van der Waals surface area contributed by atoms with Crippen LogP contribution in [0, 0.1) is 5.92 Å². The fourth-order valence-corrected chi connectivity index (χ4v) is 3.24. The highest BCUT2D eigenvalue weighted by molar-refractivity contribution is 5.95. The Bertz CT molecular complexity index is 601. The van der Waals surface area contributed by atoms with Gasteiger partial charge >= 0.3 is 5.97 Å². The first-order valence-electron chi connectivity index (χ1n) is 8.95. The molecule has 2 atom stereocenters. The van der Waals surface area contributed by atoms with Crippen LogP contribution >= 0.6 is 0 Å². The van der Waals surface area contributed by atoms with Gasteiger partial charge in [-0.15, -0.1) is 0 Å². The molecule has 0 heterocycles. The zero-order valence-electron chi connectivity index (χ0n) is 14.9. The van der Waals surface area contributed by atoms with Crippen molar-refractivity contribution in [3.05, 3.63) is 23.8 Å². The average molecular weight is 349 g/mol. The summed E-state index contributed by atoms with van der Waals surface area (Å²) in [5.74, 6) is 0.195. The first-order valence-corrected chi connectivity index (χ1v) is 8.95. The Morgan fingerprint density at radius 3 is 2.68 bits per heavy atom. The van der Waals surface area contributed by atoms with Gasteiger partial charge in [0.15, 0.2) is 18.1 Å². The average Bonchev–Trinajstić information content (AvgIpc) is 2.60. The summed E-state index contributed by atoms with van der Waals surface area (Å²) in [7, 11) is 0. The van der Waals surface area contributed by atoms with Crippen molar-refractivity contribution < 1.29 is 24.2 Å². The van der Waals surface area contributed by atoms with Gasteiger partial charge in [-0.1, -0.05) is 26.2 Å². The van der Waals surface area contributed by atoms with Crippen LogP contribution in [-0.4, -0.2) is 36.2 Å². The summed E-state index contributed by atoms with van der Waals surface area (Å²) in [6, 6.07) is 5.04. The molecule has 2 unspecified atom stereocenters. The quantitative estimate of drug-likeness (QED) is 0.752. The number of hydrogen-bond donors (Lipinski definition) is 2. The fourth-order valence-electron chi connectivity index (χ4n) is 3.24. The molecule has 138 valence electrons. The van der Waals surface area contributed by atoms with Crippen LogP contribution in [0.15, 0.2) is 18.2 Å². The lowest BCUT2D eigenvalue weighted by atomic mass is 9.84. The van der Waals surface area contributed by atoms with E-state index in [9.17, 15) is 9.59 Å². The standard InChI is InChI=1S/C19H27NO5/c1-3-13-6-5-7-15(10-13)20-19(23)14-8-9-16(25-12-18(21)22)17(11-14)24-4-2/h8-9,11,13,15H,3-7,10,12H2,1-2H3,(H,20,23)(H,21,22). The lowest BCUT2D eigenvalue weighted by molar-refractivity contribution is -0.139. The van der Waals surface area contributed by atoms with E-state index in [2.05, 4.69) is 12.2 Å². The maximum absolute atomic E-state index is 12.5. The van der Waals surface area contributed by atoms with Crippen LogP contribution in [0.2, 0.25) is 0 Å². The Balaban J connectivity index is 2.05. The lowest BCUT2D eigenvalue weighted by Gasteiger charge is -2.29. The van der Waals surface area contributed by atoms with E-state index < -0.39 is 12.6 Å². The minimum Gasteiger partial charge on any atom is -0.490 e. The van der Waals surface area contributed by atoms with Crippen LogP contribution in [0.5, 0.6) is 11.5 Å². The predicted octanol–water partition coefficient (Wildman–Crippen LogP) is 3.25. The van der Waals surface area contributed by atoms with Crippen LogP contribution < -0.4 is 14.8 Å². The predicted molar refractivity (Wildman–Crippen MR) is 94.2 cm³/mol. The highest BCUT2D eigenvalue weighted by Gasteiger charge is 2.23. The summed E-state index contributed by atoms with van der Waals surface area (Å²) in [6.45, 7) is 3.96. The first kappa shape index (κ1) is 19.1. The van der Waals surface area contributed by atoms with E-state index >= 15 is 0 Å². The molecule has 0 spiro atoms. The summed E-state index contributed by atoms with van der Waals surface area (Å²) in [5, 5.41) is 11.8. The van der Waals surface area contributed by atoms with Gasteiger partial charge in [-0.25, -0.2) is 4.79 Å². The van der Waals surface area contributed by atoms with Gasteiger partial charge in [-0.3, -0.25) is 4.79 Å². The van der Waals surface area contributed by atoms with Crippen LogP contribution in [-0.2, 0) is 4.79 Å². The molecule has 1 aromatic rings. The van der Waals surface area contributed by atoms with E-state index in [1.165, 1.54) is 6.42 Å². The molecular weight excluding hydrogens is 322 g/mol. The van der Waals surface area contributed by atoms with Crippen LogP contribution in [0.25, 0.3) is 0 Å². The number of carboxylic acids is 1. The second-order valence-electron chi connectivity index (χ2n) is 6.39. The Hall–Kier alpha value is -2.24. The lowest BCUT2D eigenvalue weighted by Crippen LogP contribution is -2.38. The fraction of sp³-hybridized carbons (Fsp3) is 0.579. The summed E-state index contributed by atoms with van der Waals surface area (Å²) < 4.78 is 10.7. The van der Waals surface area contributed by atoms with E-state index in [0.29, 0.717) is 29.6 Å². The smallest absolute Gasteiger partial charge is 0.341 e. The molecule has 0 saturated heterocycles. The van der Waals surface area contributed by atoms with E-state index in [1.54, 1.807) is 18.2 Å². The zero-order chi connectivity index (χ0) is 18.2. The molecule has 2 N–H and O–H groups in total. The molecule has 1 aliphatic carbocycles. The number of ether oxygens (including phenoxy) is 2. The molecule has 6 heteroatoms. The van der Waals surface area contributed by atoms with Crippen molar-refractivity contribution in [3.63, 3.8) is 0 Å². The van der Waals surface area contributed by atoms with E-state index in [4.69, 9.17) is 14.6 Å². The van der Waals surface area contributed by atoms with Crippen molar-refractivity contribution in [2.75, 3.05) is 13.2 Å². The van der Waals surface area contributed by atoms with Gasteiger partial charge < -0.3 is 19.9 Å². The molecule has 1 amide bonds. The number of carbonyl (C=O) groups is 2. The number of amides is 1. The zero-order valence-corrected chi connectivity index (χ0v) is 14.9. The van der Waals surface area contributed by atoms with Crippen LogP contribution in [0.1, 0.15) is 56.3 Å². The third kappa shape index (κ3) is 5.66. The number of aliphatic carboxylic acids is 1. The molecule has 1 aromatic carbocycles. The molecule has 25 heavy (non-hydrogen) atoms. The summed E-state index contributed by atoms with van der Waals surface area (Å²) in [6.07, 6.45) is 5.58. The molecule has 1 fully saturated rings. The van der Waals surface area contributed by atoms with Gasteiger partial charge in [0.1, 0.15) is 0 Å². The number of carboxylic acid groups (broad SMARTS) is 1. The van der Waals surface area contributed by atoms with E-state index in [0.717, 1.165) is 25.7 Å². The minimum atomic E-state index is -1.06. The molecular formula is C19H27NO5. The molecule has 0 bridgehead atoms. The van der Waals surface area contributed by atoms with Gasteiger partial charge in [-0.05, 0) is 43.9 Å². The highest BCUT2D eigenvalue weighted by atomic mass is 16.5. The molecule has 2 rings (SSSR count).